The summed E-state index contributed by atoms with van der Waals surface area (Å²) < 4.78 is 12.0. The van der Waals surface area contributed by atoms with Crippen LogP contribution >= 0.6 is 0 Å². The zero-order valence-electron chi connectivity index (χ0n) is 34.4. The molecule has 0 atom stereocenters. The number of hydrogen-bond donors (Lipinski definition) is 2. The third kappa shape index (κ3) is 11.6. The lowest BCUT2D eigenvalue weighted by Crippen LogP contribution is -2.41. The van der Waals surface area contributed by atoms with E-state index in [1.165, 1.54) is 72.6 Å². The first kappa shape index (κ1) is 40.7. The molecule has 2 saturated carbocycles. The van der Waals surface area contributed by atoms with Crippen LogP contribution in [0, 0.1) is 11.8 Å². The first-order valence-corrected chi connectivity index (χ1v) is 21.7. The number of rotatable bonds is 16. The molecule has 0 amide bonds. The van der Waals surface area contributed by atoms with Crippen molar-refractivity contribution < 1.29 is 28.7 Å². The van der Waals surface area contributed by atoms with E-state index in [-0.39, 0.29) is 0 Å². The Balaban J connectivity index is 0.747. The summed E-state index contributed by atoms with van der Waals surface area (Å²) in [5, 5.41) is 8.94. The van der Waals surface area contributed by atoms with Crippen LogP contribution < -0.4 is 20.1 Å². The summed E-state index contributed by atoms with van der Waals surface area (Å²) in [6, 6.07) is 32.6. The van der Waals surface area contributed by atoms with E-state index >= 15 is 0 Å². The maximum atomic E-state index is 12.9. The number of hydrogen-bond acceptors (Lipinski definition) is 12. The molecule has 12 nitrogen and oxygen atoms in total. The van der Waals surface area contributed by atoms with Gasteiger partial charge in [-0.25, -0.2) is 19.6 Å². The Bertz CT molecular complexity index is 1920. The number of benzene rings is 4. The number of aliphatic imine (C=N–C) groups is 2. The van der Waals surface area contributed by atoms with Crippen LogP contribution in [0.1, 0.15) is 86.5 Å². The average Bonchev–Trinajstić information content (AvgIpc) is 4.12. The molecule has 2 aliphatic heterocycles. The van der Waals surface area contributed by atoms with Crippen LogP contribution in [0.3, 0.4) is 0 Å². The van der Waals surface area contributed by atoms with Gasteiger partial charge >= 0.3 is 11.9 Å². The number of ether oxygens (including phenoxy) is 2. The molecule has 2 heterocycles. The van der Waals surface area contributed by atoms with Gasteiger partial charge in [-0.3, -0.25) is 0 Å². The largest absolute Gasteiger partial charge is 0.494 e. The highest BCUT2D eigenvalue weighted by atomic mass is 16.8. The van der Waals surface area contributed by atoms with E-state index in [4.69, 9.17) is 19.1 Å². The zero-order chi connectivity index (χ0) is 40.9. The lowest BCUT2D eigenvalue weighted by atomic mass is 10.0. The monoisotopic (exact) mass is 812 g/mol. The van der Waals surface area contributed by atoms with Gasteiger partial charge in [-0.1, -0.05) is 99.9 Å². The van der Waals surface area contributed by atoms with Gasteiger partial charge in [-0.2, -0.15) is 10.1 Å². The maximum Gasteiger partial charge on any atom is 0.444 e. The second kappa shape index (κ2) is 20.3. The van der Waals surface area contributed by atoms with Gasteiger partial charge in [0.15, 0.2) is 0 Å². The van der Waals surface area contributed by atoms with Crippen LogP contribution in [0.25, 0.3) is 0 Å². The molecule has 0 radical (unpaired) electrons. The Morgan fingerprint density at radius 2 is 0.867 bits per heavy atom. The molecule has 0 aromatic heterocycles. The van der Waals surface area contributed by atoms with Gasteiger partial charge in [-0.05, 0) is 108 Å². The number of nitrogens with one attached hydrogen (secondary N) is 2. The summed E-state index contributed by atoms with van der Waals surface area (Å²) in [5.41, 5.74) is 6.25. The molecule has 0 unspecified atom stereocenters. The Hall–Kier alpha value is -6.04. The number of anilines is 2. The van der Waals surface area contributed by atoms with Crippen molar-refractivity contribution in [2.75, 3.05) is 50.0 Å². The molecule has 4 aromatic rings. The van der Waals surface area contributed by atoms with Gasteiger partial charge < -0.3 is 29.8 Å². The molecule has 8 rings (SSSR count). The third-order valence-electron chi connectivity index (χ3n) is 11.8. The van der Waals surface area contributed by atoms with Gasteiger partial charge in [-0.15, -0.1) is 0 Å². The molecular weight excluding hydrogens is 757 g/mol. The van der Waals surface area contributed by atoms with E-state index < -0.39 is 11.9 Å². The van der Waals surface area contributed by atoms with Gasteiger partial charge in [0, 0.05) is 11.4 Å². The molecule has 2 N–H and O–H groups in total. The van der Waals surface area contributed by atoms with Gasteiger partial charge in [0.1, 0.15) is 11.5 Å². The van der Waals surface area contributed by atoms with Crippen LogP contribution in [-0.2, 0) is 32.1 Å². The predicted molar refractivity (Wildman–Crippen MR) is 233 cm³/mol. The van der Waals surface area contributed by atoms with Crippen LogP contribution in [0.5, 0.6) is 11.5 Å². The molecule has 0 spiro atoms. The van der Waals surface area contributed by atoms with Crippen molar-refractivity contribution in [1.29, 1.82) is 0 Å². The fraction of sp³-hybridized carbons (Fsp3) is 0.417. The smallest absolute Gasteiger partial charge is 0.444 e. The summed E-state index contributed by atoms with van der Waals surface area (Å²) in [5.74, 6) is 1.82. The van der Waals surface area contributed by atoms with Crippen molar-refractivity contribution in [2.45, 2.75) is 77.0 Å². The third-order valence-corrected chi connectivity index (χ3v) is 11.8. The van der Waals surface area contributed by atoms with Crippen LogP contribution in [0.15, 0.2) is 107 Å². The van der Waals surface area contributed by atoms with Crippen molar-refractivity contribution in [3.05, 3.63) is 119 Å². The Labute approximate surface area is 352 Å². The quantitative estimate of drug-likeness (QED) is 0.106. The number of nitrogens with zero attached hydrogens (tertiary/aromatic N) is 4. The number of carbonyl (C=O) groups is 2. The molecular formula is C48H56N6O6. The summed E-state index contributed by atoms with van der Waals surface area (Å²) in [4.78, 5) is 45.4. The van der Waals surface area contributed by atoms with Crippen molar-refractivity contribution in [2.24, 2.45) is 21.8 Å². The zero-order valence-corrected chi connectivity index (χ0v) is 34.4. The molecule has 4 aromatic carbocycles. The normalized spacial score (nSPS) is 16.7. The molecule has 0 saturated heterocycles. The van der Waals surface area contributed by atoms with Gasteiger partial charge in [0.2, 0.25) is 11.9 Å². The molecule has 12 heteroatoms. The number of carbonyl (C=O) groups excluding carboxylic acids is 2. The van der Waals surface area contributed by atoms with Crippen molar-refractivity contribution in [3.63, 3.8) is 0 Å². The Morgan fingerprint density at radius 1 is 0.517 bits per heavy atom. The van der Waals surface area contributed by atoms with E-state index in [0.29, 0.717) is 38.1 Å². The molecule has 4 aliphatic rings. The van der Waals surface area contributed by atoms with Crippen LogP contribution in [-0.4, -0.2) is 73.4 Å². The minimum absolute atomic E-state index is 0.299. The first-order chi connectivity index (χ1) is 29.5. The van der Waals surface area contributed by atoms with Crippen LogP contribution in [0.2, 0.25) is 0 Å². The van der Waals surface area contributed by atoms with Gasteiger partial charge in [0.25, 0.3) is 0 Å². The predicted octanol–water partition coefficient (Wildman–Crippen LogP) is 8.57. The van der Waals surface area contributed by atoms with E-state index in [9.17, 15) is 9.59 Å². The number of hydroxylamine groups is 4. The second-order valence-electron chi connectivity index (χ2n) is 16.2. The highest BCUT2D eigenvalue weighted by Gasteiger charge is 2.31. The topological polar surface area (TPSA) is 126 Å². The lowest BCUT2D eigenvalue weighted by Gasteiger charge is -2.21. The summed E-state index contributed by atoms with van der Waals surface area (Å²) in [7, 11) is 0. The maximum absolute atomic E-state index is 12.9. The van der Waals surface area contributed by atoms with E-state index in [1.54, 1.807) is 0 Å². The average molecular weight is 813 g/mol. The summed E-state index contributed by atoms with van der Waals surface area (Å²) in [6.07, 6.45) is 14.7. The fourth-order valence-electron chi connectivity index (χ4n) is 8.35. The number of guanidine groups is 2. The second-order valence-corrected chi connectivity index (χ2v) is 16.2. The van der Waals surface area contributed by atoms with Crippen molar-refractivity contribution in [1.82, 2.24) is 10.1 Å². The Kier molecular flexibility index (Phi) is 13.8. The molecule has 60 heavy (non-hydrogen) atoms. The summed E-state index contributed by atoms with van der Waals surface area (Å²) >= 11 is 0. The van der Waals surface area contributed by atoms with E-state index in [2.05, 4.69) is 44.9 Å². The first-order valence-electron chi connectivity index (χ1n) is 21.7. The van der Waals surface area contributed by atoms with Gasteiger partial charge in [0.05, 0.1) is 39.4 Å². The van der Waals surface area contributed by atoms with Crippen molar-refractivity contribution in [3.8, 4) is 11.5 Å². The van der Waals surface area contributed by atoms with E-state index in [0.717, 1.165) is 84.7 Å². The van der Waals surface area contributed by atoms with E-state index in [1.807, 2.05) is 72.8 Å². The highest BCUT2D eigenvalue weighted by Crippen LogP contribution is 2.29. The highest BCUT2D eigenvalue weighted by molar-refractivity contribution is 6.30. The van der Waals surface area contributed by atoms with Crippen LogP contribution in [0.4, 0.5) is 11.4 Å². The Morgan fingerprint density at radius 3 is 1.23 bits per heavy atom. The standard InChI is InChI=1S/C48H56N6O6/c55-45(59-53-29-27-49-47(53)51-41-17-9-37(10-18-41)33-39-13-21-43(22-14-39)57-31-25-35-5-1-2-6-35)46(56)60-54-30-28-50-48(54)52-42-19-11-38(12-20-42)34-40-15-23-44(24-16-40)58-32-26-36-7-3-4-8-36/h9-24,35-36H,1-8,25-34H2,(H,49,51)(H,50,52). The molecule has 0 bridgehead atoms. The minimum Gasteiger partial charge on any atom is -0.494 e. The molecule has 2 fully saturated rings. The fourth-order valence-corrected chi connectivity index (χ4v) is 8.35. The molecule has 314 valence electrons. The SMILES string of the molecule is O=C(ON1CCN=C1Nc1ccc(Cc2ccc(OCCC3CCCC3)cc2)cc1)C(=O)ON1CCN=C1Nc1ccc(Cc2ccc(OCCC3CCCC3)cc2)cc1. The lowest BCUT2D eigenvalue weighted by molar-refractivity contribution is -0.198. The summed E-state index contributed by atoms with van der Waals surface area (Å²) in [6.45, 7) is 2.96. The minimum atomic E-state index is -1.16. The van der Waals surface area contributed by atoms with Crippen molar-refractivity contribution >= 4 is 35.2 Å². The molecule has 2 aliphatic carbocycles.